The van der Waals surface area contributed by atoms with E-state index in [1.807, 2.05) is 34.9 Å². The van der Waals surface area contributed by atoms with Gasteiger partial charge in [-0.1, -0.05) is 30.3 Å². The first-order chi connectivity index (χ1) is 14.9. The van der Waals surface area contributed by atoms with Crippen molar-refractivity contribution in [1.29, 1.82) is 0 Å². The molecule has 3 rings (SSSR count). The summed E-state index contributed by atoms with van der Waals surface area (Å²) < 4.78 is 46.0. The predicted octanol–water partition coefficient (Wildman–Crippen LogP) is 5.24. The van der Waals surface area contributed by atoms with Crippen LogP contribution in [0.5, 0.6) is 0 Å². The Morgan fingerprint density at radius 2 is 1.84 bits per heavy atom. The lowest BCUT2D eigenvalue weighted by molar-refractivity contribution is -0.137. The first-order valence-corrected chi connectivity index (χ1v) is 9.77. The summed E-state index contributed by atoms with van der Waals surface area (Å²) in [4.78, 5) is 14.4. The molecule has 5 nitrogen and oxygen atoms in total. The number of nitrogens with one attached hydrogen (secondary N) is 1. The van der Waals surface area contributed by atoms with E-state index in [0.29, 0.717) is 24.4 Å². The molecule has 0 saturated carbocycles. The zero-order valence-corrected chi connectivity index (χ0v) is 17.1. The van der Waals surface area contributed by atoms with E-state index < -0.39 is 11.7 Å². The second-order valence-electron chi connectivity index (χ2n) is 7.04. The third-order valence-corrected chi connectivity index (χ3v) is 4.76. The summed E-state index contributed by atoms with van der Waals surface area (Å²) >= 11 is 0. The number of alkyl halides is 3. The molecule has 3 aromatic rings. The van der Waals surface area contributed by atoms with Crippen LogP contribution < -0.4 is 5.32 Å². The first-order valence-electron chi connectivity index (χ1n) is 9.77. The summed E-state index contributed by atoms with van der Waals surface area (Å²) in [7, 11) is 1.56. The highest BCUT2D eigenvalue weighted by molar-refractivity contribution is 5.89. The Morgan fingerprint density at radius 3 is 2.55 bits per heavy atom. The van der Waals surface area contributed by atoms with Crippen LogP contribution in [-0.4, -0.2) is 35.8 Å². The molecule has 0 atom stereocenters. The molecule has 31 heavy (non-hydrogen) atoms. The quantitative estimate of drug-likeness (QED) is 0.531. The number of urea groups is 1. The number of para-hydroxylation sites is 1. The second-order valence-corrected chi connectivity index (χ2v) is 7.04. The summed E-state index contributed by atoms with van der Waals surface area (Å²) in [6.45, 7) is 1.28. The van der Waals surface area contributed by atoms with E-state index in [1.54, 1.807) is 36.4 Å². The van der Waals surface area contributed by atoms with E-state index in [2.05, 4.69) is 5.32 Å². The molecule has 164 valence electrons. The van der Waals surface area contributed by atoms with Gasteiger partial charge in [-0.25, -0.2) is 4.79 Å². The number of halogens is 3. The number of carbonyl (C=O) groups is 1. The first kappa shape index (κ1) is 22.4. The third kappa shape index (κ3) is 6.36. The van der Waals surface area contributed by atoms with Crippen molar-refractivity contribution in [3.63, 3.8) is 0 Å². The molecule has 1 N–H and O–H groups in total. The minimum absolute atomic E-state index is 0.269. The number of amides is 2. The van der Waals surface area contributed by atoms with Crippen molar-refractivity contribution in [1.82, 2.24) is 9.47 Å². The fourth-order valence-corrected chi connectivity index (χ4v) is 3.16. The number of aromatic nitrogens is 1. The average Bonchev–Trinajstić information content (AvgIpc) is 3.18. The topological polar surface area (TPSA) is 46.5 Å². The highest BCUT2D eigenvalue weighted by Crippen LogP contribution is 2.29. The summed E-state index contributed by atoms with van der Waals surface area (Å²) in [5.74, 6) is 0. The number of carbonyl (C=O) groups excluding carboxylic acids is 1. The van der Waals surface area contributed by atoms with Crippen LogP contribution in [0.3, 0.4) is 0 Å². The normalized spacial score (nSPS) is 11.4. The molecule has 0 aliphatic carbocycles. The van der Waals surface area contributed by atoms with Crippen molar-refractivity contribution in [3.05, 3.63) is 89.7 Å². The van der Waals surface area contributed by atoms with Gasteiger partial charge in [-0.15, -0.1) is 0 Å². The van der Waals surface area contributed by atoms with Crippen molar-refractivity contribution < 1.29 is 22.7 Å². The van der Waals surface area contributed by atoms with Gasteiger partial charge in [-0.05, 0) is 42.0 Å². The number of hydrogen-bond donors (Lipinski definition) is 1. The minimum atomic E-state index is -4.39. The molecule has 0 spiro atoms. The molecule has 0 aliphatic rings. The van der Waals surface area contributed by atoms with Crippen LogP contribution in [0.15, 0.2) is 72.9 Å². The van der Waals surface area contributed by atoms with Crippen LogP contribution in [0.2, 0.25) is 0 Å². The van der Waals surface area contributed by atoms with Crippen LogP contribution in [0, 0.1) is 0 Å². The molecule has 0 fully saturated rings. The van der Waals surface area contributed by atoms with Crippen LogP contribution in [0.25, 0.3) is 0 Å². The van der Waals surface area contributed by atoms with Gasteiger partial charge >= 0.3 is 12.2 Å². The van der Waals surface area contributed by atoms with E-state index in [0.717, 1.165) is 17.8 Å². The van der Waals surface area contributed by atoms with E-state index in [4.69, 9.17) is 4.74 Å². The maximum absolute atomic E-state index is 13.0. The molecule has 1 aromatic heterocycles. The van der Waals surface area contributed by atoms with Crippen LogP contribution in [0.4, 0.5) is 23.7 Å². The zero-order chi connectivity index (χ0) is 22.3. The van der Waals surface area contributed by atoms with Crippen molar-refractivity contribution in [2.75, 3.05) is 25.6 Å². The van der Waals surface area contributed by atoms with Gasteiger partial charge in [0.1, 0.15) is 0 Å². The molecule has 2 amide bonds. The Kier molecular flexibility index (Phi) is 7.36. The minimum Gasteiger partial charge on any atom is -0.383 e. The Labute approximate surface area is 179 Å². The summed E-state index contributed by atoms with van der Waals surface area (Å²) in [6.07, 6.45) is -2.60. The maximum Gasteiger partial charge on any atom is 0.416 e. The maximum atomic E-state index is 13.0. The molecule has 1 heterocycles. The van der Waals surface area contributed by atoms with Gasteiger partial charge in [0.2, 0.25) is 0 Å². The predicted molar refractivity (Wildman–Crippen MR) is 113 cm³/mol. The van der Waals surface area contributed by atoms with Gasteiger partial charge in [0.05, 0.1) is 18.7 Å². The Morgan fingerprint density at radius 1 is 1.06 bits per heavy atom. The lowest BCUT2D eigenvalue weighted by Crippen LogP contribution is -2.37. The van der Waals surface area contributed by atoms with Crippen molar-refractivity contribution in [2.45, 2.75) is 19.3 Å². The second kappa shape index (κ2) is 10.2. The van der Waals surface area contributed by atoms with Crippen molar-refractivity contribution >= 4 is 11.7 Å². The molecule has 2 aromatic carbocycles. The van der Waals surface area contributed by atoms with Gasteiger partial charge in [0, 0.05) is 37.8 Å². The number of ether oxygens (including phenoxy) is 1. The largest absolute Gasteiger partial charge is 0.416 e. The van der Waals surface area contributed by atoms with E-state index in [9.17, 15) is 18.0 Å². The number of rotatable bonds is 8. The Bertz CT molecular complexity index is 987. The SMILES string of the molecule is COCCN(Cc1cccn1Cc1cccc(C(F)(F)F)c1)C(=O)Nc1ccccc1. The van der Waals surface area contributed by atoms with E-state index in [1.165, 1.54) is 6.07 Å². The zero-order valence-electron chi connectivity index (χ0n) is 17.1. The number of hydrogen-bond acceptors (Lipinski definition) is 2. The average molecular weight is 431 g/mol. The molecule has 0 aliphatic heterocycles. The van der Waals surface area contributed by atoms with Crippen LogP contribution >= 0.6 is 0 Å². The highest BCUT2D eigenvalue weighted by atomic mass is 19.4. The molecular formula is C23H24F3N3O2. The molecule has 0 unspecified atom stereocenters. The van der Waals surface area contributed by atoms with Gasteiger partial charge in [0.15, 0.2) is 0 Å². The molecular weight excluding hydrogens is 407 g/mol. The van der Waals surface area contributed by atoms with Crippen LogP contribution in [0.1, 0.15) is 16.8 Å². The number of nitrogens with zero attached hydrogens (tertiary/aromatic N) is 2. The van der Waals surface area contributed by atoms with Crippen LogP contribution in [-0.2, 0) is 24.0 Å². The number of anilines is 1. The highest BCUT2D eigenvalue weighted by Gasteiger charge is 2.30. The standard InChI is InChI=1S/C23H24F3N3O2/c1-31-14-13-29(22(30)27-20-9-3-2-4-10-20)17-21-11-6-12-28(21)16-18-7-5-8-19(15-18)23(24,25)26/h2-12,15H,13-14,16-17H2,1H3,(H,27,30). The fraction of sp³-hybridized carbons (Fsp3) is 0.261. The Balaban J connectivity index is 1.74. The van der Waals surface area contributed by atoms with Gasteiger partial charge in [-0.3, -0.25) is 0 Å². The fourth-order valence-electron chi connectivity index (χ4n) is 3.16. The molecule has 0 saturated heterocycles. The smallest absolute Gasteiger partial charge is 0.383 e. The van der Waals surface area contributed by atoms with Gasteiger partial charge in [0.25, 0.3) is 0 Å². The Hall–Kier alpha value is -3.26. The van der Waals surface area contributed by atoms with Gasteiger partial charge in [-0.2, -0.15) is 13.2 Å². The third-order valence-electron chi connectivity index (χ3n) is 4.76. The summed E-state index contributed by atoms with van der Waals surface area (Å²) in [5, 5.41) is 2.85. The van der Waals surface area contributed by atoms with Crippen molar-refractivity contribution in [2.24, 2.45) is 0 Å². The number of benzene rings is 2. The summed E-state index contributed by atoms with van der Waals surface area (Å²) in [5.41, 5.74) is 1.33. The van der Waals surface area contributed by atoms with E-state index >= 15 is 0 Å². The van der Waals surface area contributed by atoms with Crippen molar-refractivity contribution in [3.8, 4) is 0 Å². The summed E-state index contributed by atoms with van der Waals surface area (Å²) in [6, 6.07) is 17.7. The monoisotopic (exact) mass is 431 g/mol. The molecule has 8 heteroatoms. The molecule has 0 bridgehead atoms. The van der Waals surface area contributed by atoms with E-state index in [-0.39, 0.29) is 19.1 Å². The lowest BCUT2D eigenvalue weighted by atomic mass is 10.1. The lowest BCUT2D eigenvalue weighted by Gasteiger charge is -2.24. The molecule has 0 radical (unpaired) electrons. The van der Waals surface area contributed by atoms with Gasteiger partial charge < -0.3 is 19.5 Å². The number of methoxy groups -OCH3 is 1.